The maximum absolute atomic E-state index is 13.4. The van der Waals surface area contributed by atoms with Crippen LogP contribution in [0.5, 0.6) is 5.75 Å². The van der Waals surface area contributed by atoms with Gasteiger partial charge in [0.15, 0.2) is 0 Å². The molecule has 3 aromatic carbocycles. The Morgan fingerprint density at radius 1 is 0.949 bits per heavy atom. The molecule has 210 valence electrons. The van der Waals surface area contributed by atoms with Gasteiger partial charge >= 0.3 is 6.36 Å². The van der Waals surface area contributed by atoms with Crippen molar-refractivity contribution < 1.29 is 30.5 Å². The van der Waals surface area contributed by atoms with Gasteiger partial charge in [-0.3, -0.25) is 4.72 Å². The first kappa shape index (κ1) is 28.7. The van der Waals surface area contributed by atoms with E-state index >= 15 is 0 Å². The molecule has 0 amide bonds. The highest BCUT2D eigenvalue weighted by atomic mass is 32.2. The normalized spacial score (nSPS) is 14.9. The van der Waals surface area contributed by atoms with Gasteiger partial charge in [0.05, 0.1) is 16.8 Å². The van der Waals surface area contributed by atoms with Crippen LogP contribution in [0, 0.1) is 0 Å². The number of nitrogens with zero attached hydrogens (tertiary/aromatic N) is 2. The quantitative estimate of drug-likeness (QED) is 0.336. The fourth-order valence-electron chi connectivity index (χ4n) is 4.46. The predicted molar refractivity (Wildman–Crippen MR) is 146 cm³/mol. The van der Waals surface area contributed by atoms with Gasteiger partial charge in [0, 0.05) is 31.5 Å². The third-order valence-electron chi connectivity index (χ3n) is 6.12. The number of anilines is 3. The molecule has 8 nitrogen and oxygen atoms in total. The minimum absolute atomic E-state index is 0.237. The monoisotopic (exact) mass is 582 g/mol. The first-order valence-electron chi connectivity index (χ1n) is 12.1. The van der Waals surface area contributed by atoms with E-state index in [1.807, 2.05) is 30.3 Å². The highest BCUT2D eigenvalue weighted by molar-refractivity contribution is 7.92. The van der Waals surface area contributed by atoms with Crippen LogP contribution in [-0.2, 0) is 32.8 Å². The summed E-state index contributed by atoms with van der Waals surface area (Å²) in [5.41, 5.74) is 4.59. The molecule has 3 aromatic rings. The Balaban J connectivity index is 1.52. The number of rotatable bonds is 9. The standard InChI is InChI=1S/C26H29F3N4O4S2/c1-30-39(36,23-14-12-22(13-15-23)37-26(27,28)29)31-16-5-17-33-24-7-4-3-6-19(24)8-9-20-10-11-21(18-25(20)33)32-38(2,34)35/h3-4,6-7,10-15,18,32H,5,8-9,16-17H2,1-2H3,(H,30,31,36). The molecule has 0 saturated carbocycles. The fourth-order valence-corrected chi connectivity index (χ4v) is 6.44. The Morgan fingerprint density at radius 2 is 1.62 bits per heavy atom. The van der Waals surface area contributed by atoms with Crippen molar-refractivity contribution in [3.8, 4) is 5.75 Å². The SMILES string of the molecule is CN=S(=O)(NCCCN1c2ccccc2CCc2ccc(NS(C)(=O)=O)cc21)c1ccc(OC(F)(F)F)cc1. The molecular weight excluding hydrogens is 553 g/mol. The van der Waals surface area contributed by atoms with Crippen LogP contribution in [-0.4, -0.2) is 45.4 Å². The summed E-state index contributed by atoms with van der Waals surface area (Å²) >= 11 is 0. The molecule has 0 saturated heterocycles. The van der Waals surface area contributed by atoms with Crippen LogP contribution in [0.15, 0.2) is 76.0 Å². The van der Waals surface area contributed by atoms with Gasteiger partial charge in [-0.1, -0.05) is 24.3 Å². The van der Waals surface area contributed by atoms with Crippen LogP contribution in [0.25, 0.3) is 0 Å². The Labute approximate surface area is 226 Å². The summed E-state index contributed by atoms with van der Waals surface area (Å²) in [7, 11) is -5.15. The van der Waals surface area contributed by atoms with Crippen molar-refractivity contribution in [2.75, 3.05) is 36.0 Å². The van der Waals surface area contributed by atoms with E-state index in [0.29, 0.717) is 25.2 Å². The molecule has 1 atom stereocenters. The summed E-state index contributed by atoms with van der Waals surface area (Å²) in [5.74, 6) is -0.410. The van der Waals surface area contributed by atoms with Crippen molar-refractivity contribution in [2.24, 2.45) is 4.36 Å². The lowest BCUT2D eigenvalue weighted by Crippen LogP contribution is -2.28. The van der Waals surface area contributed by atoms with E-state index in [0.717, 1.165) is 53.7 Å². The molecule has 1 heterocycles. The van der Waals surface area contributed by atoms with Crippen LogP contribution in [0.3, 0.4) is 0 Å². The number of ether oxygens (including phenoxy) is 1. The minimum Gasteiger partial charge on any atom is -0.406 e. The minimum atomic E-state index is -4.82. The number of aryl methyl sites for hydroxylation is 2. The average molecular weight is 583 g/mol. The first-order valence-corrected chi connectivity index (χ1v) is 15.5. The number of nitrogens with one attached hydrogen (secondary N) is 2. The van der Waals surface area contributed by atoms with Crippen LogP contribution < -0.4 is 19.1 Å². The predicted octanol–water partition coefficient (Wildman–Crippen LogP) is 5.25. The molecule has 0 radical (unpaired) electrons. The van der Waals surface area contributed by atoms with E-state index in [9.17, 15) is 25.8 Å². The van der Waals surface area contributed by atoms with E-state index in [2.05, 4.69) is 29.5 Å². The molecule has 1 aliphatic heterocycles. The lowest BCUT2D eigenvalue weighted by molar-refractivity contribution is -0.274. The highest BCUT2D eigenvalue weighted by Crippen LogP contribution is 2.37. The van der Waals surface area contributed by atoms with Gasteiger partial charge in [-0.15, -0.1) is 13.2 Å². The zero-order chi connectivity index (χ0) is 28.3. The van der Waals surface area contributed by atoms with E-state index in [1.165, 1.54) is 19.2 Å². The number of hydrogen-bond donors (Lipinski definition) is 2. The van der Waals surface area contributed by atoms with Gasteiger partial charge in [0.25, 0.3) is 0 Å². The van der Waals surface area contributed by atoms with E-state index < -0.39 is 32.1 Å². The van der Waals surface area contributed by atoms with Crippen molar-refractivity contribution in [1.29, 1.82) is 0 Å². The number of sulfonamides is 1. The zero-order valence-electron chi connectivity index (χ0n) is 21.4. The summed E-state index contributed by atoms with van der Waals surface area (Å²) in [6.07, 6.45) is -1.56. The molecule has 0 fully saturated rings. The second kappa shape index (κ2) is 11.4. The van der Waals surface area contributed by atoms with Crippen molar-refractivity contribution >= 4 is 37.0 Å². The van der Waals surface area contributed by atoms with Crippen molar-refractivity contribution in [2.45, 2.75) is 30.5 Å². The molecule has 13 heteroatoms. The molecule has 0 spiro atoms. The summed E-state index contributed by atoms with van der Waals surface area (Å²) in [6, 6.07) is 18.3. The third kappa shape index (κ3) is 7.43. The number of para-hydroxylation sites is 1. The lowest BCUT2D eigenvalue weighted by atomic mass is 10.0. The second-order valence-electron chi connectivity index (χ2n) is 8.97. The Kier molecular flexibility index (Phi) is 8.42. The molecular formula is C26H29F3N4O4S2. The smallest absolute Gasteiger partial charge is 0.406 e. The second-order valence-corrected chi connectivity index (χ2v) is 12.9. The van der Waals surface area contributed by atoms with Crippen LogP contribution >= 0.6 is 0 Å². The Bertz CT molecular complexity index is 1550. The van der Waals surface area contributed by atoms with Gasteiger partial charge < -0.3 is 9.64 Å². The summed E-state index contributed by atoms with van der Waals surface area (Å²) in [5, 5.41) is 0. The third-order valence-corrected chi connectivity index (χ3v) is 8.74. The number of hydrogen-bond acceptors (Lipinski definition) is 6. The van der Waals surface area contributed by atoms with Crippen LogP contribution in [0.1, 0.15) is 17.5 Å². The molecule has 1 aliphatic rings. The maximum atomic E-state index is 13.4. The fraction of sp³-hybridized carbons (Fsp3) is 0.308. The van der Waals surface area contributed by atoms with Crippen molar-refractivity contribution in [3.05, 3.63) is 77.9 Å². The summed E-state index contributed by atoms with van der Waals surface area (Å²) in [6.45, 7) is 0.823. The van der Waals surface area contributed by atoms with E-state index in [1.54, 1.807) is 6.07 Å². The van der Waals surface area contributed by atoms with Crippen LogP contribution in [0.4, 0.5) is 30.2 Å². The molecule has 0 aromatic heterocycles. The summed E-state index contributed by atoms with van der Waals surface area (Å²) < 4.78 is 87.8. The summed E-state index contributed by atoms with van der Waals surface area (Å²) in [4.78, 5) is 2.36. The van der Waals surface area contributed by atoms with Gasteiger partial charge in [0.2, 0.25) is 10.0 Å². The van der Waals surface area contributed by atoms with Crippen molar-refractivity contribution in [1.82, 2.24) is 4.72 Å². The Morgan fingerprint density at radius 3 is 2.26 bits per heavy atom. The molecule has 0 bridgehead atoms. The highest BCUT2D eigenvalue weighted by Gasteiger charge is 2.31. The number of fused-ring (bicyclic) bond motifs is 2. The van der Waals surface area contributed by atoms with Crippen LogP contribution in [0.2, 0.25) is 0 Å². The molecule has 2 N–H and O–H groups in total. The number of alkyl halides is 3. The number of halogens is 3. The van der Waals surface area contributed by atoms with Gasteiger partial charge in [-0.2, -0.15) is 0 Å². The first-order chi connectivity index (χ1) is 18.4. The largest absolute Gasteiger partial charge is 0.573 e. The maximum Gasteiger partial charge on any atom is 0.573 e. The zero-order valence-corrected chi connectivity index (χ0v) is 23.0. The number of benzene rings is 3. The Hall–Kier alpha value is -3.29. The van der Waals surface area contributed by atoms with Crippen molar-refractivity contribution in [3.63, 3.8) is 0 Å². The van der Waals surface area contributed by atoms with Gasteiger partial charge in [-0.05, 0) is 72.9 Å². The lowest BCUT2D eigenvalue weighted by Gasteiger charge is -2.28. The topological polar surface area (TPSA) is 100 Å². The molecule has 4 rings (SSSR count). The van der Waals surface area contributed by atoms with Gasteiger partial charge in [-0.25, -0.2) is 21.7 Å². The van der Waals surface area contributed by atoms with Gasteiger partial charge in [0.1, 0.15) is 15.7 Å². The molecule has 1 unspecified atom stereocenters. The average Bonchev–Trinajstić information content (AvgIpc) is 3.01. The van der Waals surface area contributed by atoms with E-state index in [-0.39, 0.29) is 4.90 Å². The molecule has 39 heavy (non-hydrogen) atoms. The van der Waals surface area contributed by atoms with E-state index in [4.69, 9.17) is 0 Å². The molecule has 0 aliphatic carbocycles.